The molecule has 112 valence electrons. The van der Waals surface area contributed by atoms with Gasteiger partial charge in [0.15, 0.2) is 0 Å². The molecule has 4 nitrogen and oxygen atoms in total. The van der Waals surface area contributed by atoms with Crippen LogP contribution in [0.5, 0.6) is 0 Å². The summed E-state index contributed by atoms with van der Waals surface area (Å²) in [6, 6.07) is 10.2. The van der Waals surface area contributed by atoms with Crippen molar-refractivity contribution in [3.05, 3.63) is 57.6 Å². The number of aryl methyl sites for hydroxylation is 2. The molecule has 0 aliphatic heterocycles. The molecule has 0 spiro atoms. The van der Waals surface area contributed by atoms with E-state index in [9.17, 15) is 4.79 Å². The molecule has 2 heterocycles. The third kappa shape index (κ3) is 2.33. The molecule has 3 rings (SSSR count). The molecule has 3 aromatic rings. The number of nitrogens with zero attached hydrogens (tertiary/aromatic N) is 1. The van der Waals surface area contributed by atoms with Crippen LogP contribution in [-0.2, 0) is 6.42 Å². The molecule has 0 saturated carbocycles. The highest BCUT2D eigenvalue weighted by Crippen LogP contribution is 2.36. The van der Waals surface area contributed by atoms with E-state index in [-0.39, 0.29) is 0 Å². The first-order valence-electron chi connectivity index (χ1n) is 7.00. The molecule has 0 atom stereocenters. The maximum absolute atomic E-state index is 11.5. The zero-order valence-corrected chi connectivity index (χ0v) is 13.3. The summed E-state index contributed by atoms with van der Waals surface area (Å²) in [5.74, 6) is -0.498. The number of carbonyl (C=O) groups excluding carboxylic acids is 1. The average Bonchev–Trinajstić information content (AvgIpc) is 2.81. The molecular weight excluding hydrogens is 294 g/mol. The molecule has 0 fully saturated rings. The molecule has 5 heteroatoms. The first-order valence-corrected chi connectivity index (χ1v) is 7.82. The summed E-state index contributed by atoms with van der Waals surface area (Å²) in [6.07, 6.45) is 0.794. The summed E-state index contributed by atoms with van der Waals surface area (Å²) in [5, 5.41) is 0.857. The third-order valence-electron chi connectivity index (χ3n) is 3.91. The van der Waals surface area contributed by atoms with Gasteiger partial charge < -0.3 is 11.5 Å². The molecule has 1 aromatic carbocycles. The van der Waals surface area contributed by atoms with Crippen molar-refractivity contribution in [3.63, 3.8) is 0 Å². The Balaban J connectivity index is 2.19. The lowest BCUT2D eigenvalue weighted by molar-refractivity contribution is 0.100. The molecule has 4 N–H and O–H groups in total. The third-order valence-corrected chi connectivity index (χ3v) is 5.02. The summed E-state index contributed by atoms with van der Waals surface area (Å²) >= 11 is 1.26. The Hall–Kier alpha value is -2.40. The number of thiophene rings is 1. The van der Waals surface area contributed by atoms with Crippen molar-refractivity contribution in [2.45, 2.75) is 20.3 Å². The molecular formula is C17H17N3OS. The Labute approximate surface area is 132 Å². The van der Waals surface area contributed by atoms with Gasteiger partial charge in [0.1, 0.15) is 9.71 Å². The first-order chi connectivity index (χ1) is 10.5. The molecule has 0 bridgehead atoms. The number of aromatic nitrogens is 1. The van der Waals surface area contributed by atoms with Gasteiger partial charge in [0.2, 0.25) is 0 Å². The predicted octanol–water partition coefficient (Wildman–Crippen LogP) is 3.19. The SMILES string of the molecule is Cc1nc2sc(C(N)=O)c(N)c2c(C)c1Cc1ccccc1. The number of carbonyl (C=O) groups is 1. The number of anilines is 1. The Bertz CT molecular complexity index is 869. The van der Waals surface area contributed by atoms with Crippen LogP contribution < -0.4 is 11.5 Å². The van der Waals surface area contributed by atoms with E-state index in [2.05, 4.69) is 17.1 Å². The lowest BCUT2D eigenvalue weighted by atomic mass is 9.97. The second-order valence-electron chi connectivity index (χ2n) is 5.35. The van der Waals surface area contributed by atoms with Crippen molar-refractivity contribution in [1.29, 1.82) is 0 Å². The van der Waals surface area contributed by atoms with E-state index in [0.717, 1.165) is 33.5 Å². The van der Waals surface area contributed by atoms with Crippen LogP contribution in [0.25, 0.3) is 10.2 Å². The van der Waals surface area contributed by atoms with Crippen molar-refractivity contribution < 1.29 is 4.79 Å². The number of hydrogen-bond acceptors (Lipinski definition) is 4. The van der Waals surface area contributed by atoms with Gasteiger partial charge in [-0.15, -0.1) is 11.3 Å². The van der Waals surface area contributed by atoms with Crippen LogP contribution in [0.1, 0.15) is 32.1 Å². The van der Waals surface area contributed by atoms with Crippen molar-refractivity contribution in [2.75, 3.05) is 5.73 Å². The lowest BCUT2D eigenvalue weighted by Crippen LogP contribution is -2.10. The second kappa shape index (κ2) is 5.42. The van der Waals surface area contributed by atoms with Crippen molar-refractivity contribution in [2.24, 2.45) is 5.73 Å². The van der Waals surface area contributed by atoms with Gasteiger partial charge in [-0.2, -0.15) is 0 Å². The Kier molecular flexibility index (Phi) is 3.58. The van der Waals surface area contributed by atoms with E-state index in [0.29, 0.717) is 10.6 Å². The first kappa shape index (κ1) is 14.5. The Morgan fingerprint density at radius 1 is 1.23 bits per heavy atom. The second-order valence-corrected chi connectivity index (χ2v) is 6.35. The molecule has 0 radical (unpaired) electrons. The molecule has 22 heavy (non-hydrogen) atoms. The number of amides is 1. The fourth-order valence-electron chi connectivity index (χ4n) is 2.76. The van der Waals surface area contributed by atoms with Gasteiger partial charge in [-0.25, -0.2) is 4.98 Å². The largest absolute Gasteiger partial charge is 0.397 e. The fourth-order valence-corrected chi connectivity index (χ4v) is 3.81. The molecule has 0 aliphatic carbocycles. The number of fused-ring (bicyclic) bond motifs is 1. The fraction of sp³-hybridized carbons (Fsp3) is 0.176. The maximum atomic E-state index is 11.5. The smallest absolute Gasteiger partial charge is 0.260 e. The zero-order chi connectivity index (χ0) is 15.9. The minimum Gasteiger partial charge on any atom is -0.397 e. The number of hydrogen-bond donors (Lipinski definition) is 2. The van der Waals surface area contributed by atoms with Gasteiger partial charge in [0.05, 0.1) is 5.69 Å². The maximum Gasteiger partial charge on any atom is 0.260 e. The van der Waals surface area contributed by atoms with Gasteiger partial charge in [-0.1, -0.05) is 30.3 Å². The predicted molar refractivity (Wildman–Crippen MR) is 91.3 cm³/mol. The Morgan fingerprint density at radius 3 is 2.55 bits per heavy atom. The standard InChI is InChI=1S/C17H17N3OS/c1-9-12(8-11-6-4-3-5-7-11)10(2)20-17-13(9)14(18)15(22-17)16(19)21/h3-7H,8,18H2,1-2H3,(H2,19,21). The molecule has 0 unspecified atom stereocenters. The summed E-state index contributed by atoms with van der Waals surface area (Å²) in [7, 11) is 0. The van der Waals surface area contributed by atoms with E-state index >= 15 is 0 Å². The molecule has 1 amide bonds. The van der Waals surface area contributed by atoms with Gasteiger partial charge in [-0.05, 0) is 37.0 Å². The van der Waals surface area contributed by atoms with Crippen LogP contribution in [0.4, 0.5) is 5.69 Å². The number of pyridine rings is 1. The van der Waals surface area contributed by atoms with Gasteiger partial charge in [-0.3, -0.25) is 4.79 Å². The monoisotopic (exact) mass is 311 g/mol. The van der Waals surface area contributed by atoms with Crippen LogP contribution in [0.2, 0.25) is 0 Å². The van der Waals surface area contributed by atoms with Crippen LogP contribution in [0.3, 0.4) is 0 Å². The van der Waals surface area contributed by atoms with Crippen LogP contribution in [-0.4, -0.2) is 10.9 Å². The molecule has 0 aliphatic rings. The number of nitrogens with two attached hydrogens (primary N) is 2. The number of benzene rings is 1. The number of primary amides is 1. The van der Waals surface area contributed by atoms with E-state index in [4.69, 9.17) is 11.5 Å². The zero-order valence-electron chi connectivity index (χ0n) is 12.5. The van der Waals surface area contributed by atoms with Crippen LogP contribution >= 0.6 is 11.3 Å². The number of nitrogen functional groups attached to an aromatic ring is 1. The summed E-state index contributed by atoms with van der Waals surface area (Å²) < 4.78 is 0. The van der Waals surface area contributed by atoms with Crippen molar-refractivity contribution in [1.82, 2.24) is 4.98 Å². The topological polar surface area (TPSA) is 82.0 Å². The Morgan fingerprint density at radius 2 is 1.91 bits per heavy atom. The van der Waals surface area contributed by atoms with E-state index in [1.165, 1.54) is 16.9 Å². The van der Waals surface area contributed by atoms with E-state index in [1.807, 2.05) is 32.0 Å². The van der Waals surface area contributed by atoms with Gasteiger partial charge in [0, 0.05) is 11.1 Å². The minimum atomic E-state index is -0.498. The van der Waals surface area contributed by atoms with Crippen LogP contribution in [0, 0.1) is 13.8 Å². The summed E-state index contributed by atoms with van der Waals surface area (Å²) in [5.41, 5.74) is 16.4. The van der Waals surface area contributed by atoms with Gasteiger partial charge >= 0.3 is 0 Å². The van der Waals surface area contributed by atoms with E-state index in [1.54, 1.807) is 0 Å². The van der Waals surface area contributed by atoms with Crippen molar-refractivity contribution >= 4 is 33.1 Å². The quantitative estimate of drug-likeness (QED) is 0.779. The normalized spacial score (nSPS) is 11.0. The highest BCUT2D eigenvalue weighted by Gasteiger charge is 2.19. The molecule has 2 aromatic heterocycles. The van der Waals surface area contributed by atoms with Crippen LogP contribution in [0.15, 0.2) is 30.3 Å². The lowest BCUT2D eigenvalue weighted by Gasteiger charge is -2.11. The average molecular weight is 311 g/mol. The van der Waals surface area contributed by atoms with Gasteiger partial charge in [0.25, 0.3) is 5.91 Å². The van der Waals surface area contributed by atoms with E-state index < -0.39 is 5.91 Å². The summed E-state index contributed by atoms with van der Waals surface area (Å²) in [4.78, 5) is 17.3. The minimum absolute atomic E-state index is 0.391. The van der Waals surface area contributed by atoms with Crippen molar-refractivity contribution in [3.8, 4) is 0 Å². The number of rotatable bonds is 3. The highest BCUT2D eigenvalue weighted by atomic mass is 32.1. The molecule has 0 saturated heterocycles. The summed E-state index contributed by atoms with van der Waals surface area (Å²) in [6.45, 7) is 4.02. The highest BCUT2D eigenvalue weighted by molar-refractivity contribution is 7.21.